The van der Waals surface area contributed by atoms with Crippen molar-refractivity contribution in [1.82, 2.24) is 4.72 Å². The molecular formula is C20H23NO3S. The SMILES string of the molecule is Cc1ccc(S(=O)(=O)N[C@H]2CCCC[C@]2(C=O)c2ccccc2)cc1. The molecule has 3 rings (SSSR count). The van der Waals surface area contributed by atoms with Gasteiger partial charge in [-0.25, -0.2) is 13.1 Å². The minimum Gasteiger partial charge on any atom is -0.302 e. The molecule has 0 unspecified atom stereocenters. The van der Waals surface area contributed by atoms with Crippen molar-refractivity contribution >= 4 is 16.3 Å². The average Bonchev–Trinajstić information content (AvgIpc) is 2.63. The van der Waals surface area contributed by atoms with Crippen molar-refractivity contribution in [2.24, 2.45) is 0 Å². The lowest BCUT2D eigenvalue weighted by atomic mass is 9.67. The average molecular weight is 357 g/mol. The molecule has 1 N–H and O–H groups in total. The van der Waals surface area contributed by atoms with E-state index in [1.165, 1.54) is 0 Å². The molecule has 5 heteroatoms. The van der Waals surface area contributed by atoms with Gasteiger partial charge in [-0.3, -0.25) is 0 Å². The zero-order valence-electron chi connectivity index (χ0n) is 14.3. The summed E-state index contributed by atoms with van der Waals surface area (Å²) in [6, 6.07) is 15.8. The molecule has 1 aliphatic carbocycles. The maximum atomic E-state index is 12.8. The smallest absolute Gasteiger partial charge is 0.240 e. The van der Waals surface area contributed by atoms with Crippen LogP contribution in [0.2, 0.25) is 0 Å². The molecule has 4 nitrogen and oxygen atoms in total. The van der Waals surface area contributed by atoms with Gasteiger partial charge in [0.2, 0.25) is 10.0 Å². The van der Waals surface area contributed by atoms with E-state index >= 15 is 0 Å². The van der Waals surface area contributed by atoms with Gasteiger partial charge in [-0.1, -0.05) is 60.9 Å². The predicted molar refractivity (Wildman–Crippen MR) is 97.9 cm³/mol. The van der Waals surface area contributed by atoms with Crippen LogP contribution in [0.15, 0.2) is 59.5 Å². The summed E-state index contributed by atoms with van der Waals surface area (Å²) in [6.07, 6.45) is 4.06. The van der Waals surface area contributed by atoms with Crippen LogP contribution in [0.3, 0.4) is 0 Å². The highest BCUT2D eigenvalue weighted by Gasteiger charge is 2.44. The van der Waals surface area contributed by atoms with E-state index in [4.69, 9.17) is 0 Å². The molecule has 0 bridgehead atoms. The first kappa shape index (κ1) is 17.8. The summed E-state index contributed by atoms with van der Waals surface area (Å²) in [4.78, 5) is 12.4. The molecule has 0 amide bonds. The van der Waals surface area contributed by atoms with Crippen molar-refractivity contribution in [3.05, 3.63) is 65.7 Å². The molecule has 1 saturated carbocycles. The Bertz CT molecular complexity index is 831. The number of hydrogen-bond donors (Lipinski definition) is 1. The number of sulfonamides is 1. The van der Waals surface area contributed by atoms with Crippen molar-refractivity contribution < 1.29 is 13.2 Å². The fourth-order valence-corrected chi connectivity index (χ4v) is 4.97. The van der Waals surface area contributed by atoms with E-state index in [9.17, 15) is 13.2 Å². The lowest BCUT2D eigenvalue weighted by Gasteiger charge is -2.40. The third-order valence-corrected chi connectivity index (χ3v) is 6.59. The summed E-state index contributed by atoms with van der Waals surface area (Å²) < 4.78 is 28.5. The van der Waals surface area contributed by atoms with Crippen LogP contribution in [0.4, 0.5) is 0 Å². The lowest BCUT2D eigenvalue weighted by molar-refractivity contribution is -0.114. The maximum absolute atomic E-state index is 12.8. The van der Waals surface area contributed by atoms with Gasteiger partial charge in [-0.05, 0) is 37.5 Å². The molecule has 0 aliphatic heterocycles. The standard InChI is InChI=1S/C20H23NO3S/c1-16-10-12-18(13-11-16)25(23,24)21-19-9-5-6-14-20(19,15-22)17-7-3-2-4-8-17/h2-4,7-8,10-13,15,19,21H,5-6,9,14H2,1H3/t19-,20-/m0/s1. The van der Waals surface area contributed by atoms with Crippen molar-refractivity contribution in [3.63, 3.8) is 0 Å². The van der Waals surface area contributed by atoms with Gasteiger partial charge in [0.1, 0.15) is 6.29 Å². The Labute approximate surface area is 149 Å². The van der Waals surface area contributed by atoms with Crippen LogP contribution in [0.25, 0.3) is 0 Å². The fourth-order valence-electron chi connectivity index (χ4n) is 3.64. The number of carbonyl (C=O) groups is 1. The number of rotatable bonds is 5. The van der Waals surface area contributed by atoms with Crippen LogP contribution in [0.5, 0.6) is 0 Å². The van der Waals surface area contributed by atoms with Gasteiger partial charge in [-0.15, -0.1) is 0 Å². The Morgan fingerprint density at radius 3 is 2.36 bits per heavy atom. The number of carbonyl (C=O) groups excluding carboxylic acids is 1. The Balaban J connectivity index is 1.96. The molecule has 25 heavy (non-hydrogen) atoms. The van der Waals surface area contributed by atoms with Gasteiger partial charge in [0.05, 0.1) is 10.3 Å². The third-order valence-electron chi connectivity index (χ3n) is 5.11. The highest BCUT2D eigenvalue weighted by atomic mass is 32.2. The quantitative estimate of drug-likeness (QED) is 0.835. The summed E-state index contributed by atoms with van der Waals surface area (Å²) in [5.74, 6) is 0. The largest absolute Gasteiger partial charge is 0.302 e. The van der Waals surface area contributed by atoms with Crippen molar-refractivity contribution in [2.75, 3.05) is 0 Å². The number of nitrogens with one attached hydrogen (secondary N) is 1. The molecule has 1 fully saturated rings. The van der Waals surface area contributed by atoms with E-state index in [0.717, 1.165) is 30.3 Å². The third kappa shape index (κ3) is 3.53. The van der Waals surface area contributed by atoms with Crippen LogP contribution in [0.1, 0.15) is 36.8 Å². The van der Waals surface area contributed by atoms with Crippen LogP contribution in [0, 0.1) is 6.92 Å². The van der Waals surface area contributed by atoms with E-state index < -0.39 is 21.5 Å². The molecule has 2 aromatic rings. The van der Waals surface area contributed by atoms with E-state index in [1.807, 2.05) is 37.3 Å². The van der Waals surface area contributed by atoms with Crippen molar-refractivity contribution in [1.29, 1.82) is 0 Å². The highest BCUT2D eigenvalue weighted by molar-refractivity contribution is 7.89. The predicted octanol–water partition coefficient (Wildman–Crippen LogP) is 3.35. The lowest BCUT2D eigenvalue weighted by Crippen LogP contribution is -2.53. The normalized spacial score (nSPS) is 24.0. The first-order chi connectivity index (χ1) is 12.0. The topological polar surface area (TPSA) is 63.2 Å². The van der Waals surface area contributed by atoms with Crippen LogP contribution < -0.4 is 4.72 Å². The van der Waals surface area contributed by atoms with Gasteiger partial charge >= 0.3 is 0 Å². The van der Waals surface area contributed by atoms with Gasteiger partial charge < -0.3 is 4.79 Å². The van der Waals surface area contributed by atoms with Crippen LogP contribution in [-0.4, -0.2) is 20.7 Å². The molecule has 0 heterocycles. The van der Waals surface area contributed by atoms with Crippen LogP contribution in [-0.2, 0) is 20.2 Å². The summed E-state index contributed by atoms with van der Waals surface area (Å²) in [5, 5.41) is 0. The molecule has 132 valence electrons. The number of aldehydes is 1. The van der Waals surface area contributed by atoms with E-state index in [-0.39, 0.29) is 4.90 Å². The Morgan fingerprint density at radius 2 is 1.72 bits per heavy atom. The van der Waals surface area contributed by atoms with Crippen molar-refractivity contribution in [2.45, 2.75) is 49.0 Å². The van der Waals surface area contributed by atoms with E-state index in [1.54, 1.807) is 24.3 Å². The second-order valence-electron chi connectivity index (χ2n) is 6.76. The maximum Gasteiger partial charge on any atom is 0.240 e. The molecule has 0 spiro atoms. The zero-order chi connectivity index (χ0) is 17.9. The molecule has 1 aliphatic rings. The summed E-state index contributed by atoms with van der Waals surface area (Å²) in [6.45, 7) is 1.91. The zero-order valence-corrected chi connectivity index (χ0v) is 15.1. The minimum absolute atomic E-state index is 0.233. The Kier molecular flexibility index (Phi) is 5.06. The van der Waals surface area contributed by atoms with E-state index in [2.05, 4.69) is 4.72 Å². The fraction of sp³-hybridized carbons (Fsp3) is 0.350. The van der Waals surface area contributed by atoms with Gasteiger partial charge in [-0.2, -0.15) is 0 Å². The van der Waals surface area contributed by atoms with Crippen molar-refractivity contribution in [3.8, 4) is 0 Å². The molecule has 0 aromatic heterocycles. The monoisotopic (exact) mass is 357 g/mol. The second-order valence-corrected chi connectivity index (χ2v) is 8.47. The minimum atomic E-state index is -3.67. The van der Waals surface area contributed by atoms with E-state index in [0.29, 0.717) is 12.8 Å². The molecular weight excluding hydrogens is 334 g/mol. The molecule has 0 saturated heterocycles. The first-order valence-electron chi connectivity index (χ1n) is 8.59. The molecule has 0 radical (unpaired) electrons. The van der Waals surface area contributed by atoms with Gasteiger partial charge in [0.15, 0.2) is 0 Å². The Morgan fingerprint density at radius 1 is 1.04 bits per heavy atom. The number of aryl methyl sites for hydroxylation is 1. The molecule has 2 atom stereocenters. The van der Waals surface area contributed by atoms with Crippen LogP contribution >= 0.6 is 0 Å². The Hall–Kier alpha value is -1.98. The van der Waals surface area contributed by atoms with Gasteiger partial charge in [0, 0.05) is 6.04 Å². The second kappa shape index (κ2) is 7.10. The highest BCUT2D eigenvalue weighted by Crippen LogP contribution is 2.38. The number of hydrogen-bond acceptors (Lipinski definition) is 3. The summed E-state index contributed by atoms with van der Waals surface area (Å²) >= 11 is 0. The molecule has 2 aromatic carbocycles. The first-order valence-corrected chi connectivity index (χ1v) is 10.1. The van der Waals surface area contributed by atoms with Gasteiger partial charge in [0.25, 0.3) is 0 Å². The summed E-state index contributed by atoms with van der Waals surface area (Å²) in [7, 11) is -3.67. The number of benzene rings is 2. The summed E-state index contributed by atoms with van der Waals surface area (Å²) in [5.41, 5.74) is 1.07.